The van der Waals surface area contributed by atoms with Gasteiger partial charge in [-0.1, -0.05) is 53.6 Å². The first-order valence-corrected chi connectivity index (χ1v) is 9.98. The van der Waals surface area contributed by atoms with Crippen molar-refractivity contribution in [1.82, 2.24) is 0 Å². The van der Waals surface area contributed by atoms with Gasteiger partial charge < -0.3 is 14.9 Å². The van der Waals surface area contributed by atoms with Crippen LogP contribution >= 0.6 is 0 Å². The van der Waals surface area contributed by atoms with Crippen LogP contribution in [0.2, 0.25) is 0 Å². The van der Waals surface area contributed by atoms with E-state index in [1.165, 1.54) is 17.2 Å². The zero-order valence-electron chi connectivity index (χ0n) is 17.2. The Balaban J connectivity index is 1.90. The number of phenols is 2. The van der Waals surface area contributed by atoms with E-state index in [1.807, 2.05) is 36.4 Å². The lowest BCUT2D eigenvalue weighted by atomic mass is 9.92. The van der Waals surface area contributed by atoms with Crippen molar-refractivity contribution in [2.45, 2.75) is 52.6 Å². The van der Waals surface area contributed by atoms with Crippen LogP contribution in [0.1, 0.15) is 67.6 Å². The first-order chi connectivity index (χ1) is 13.9. The molecule has 0 saturated heterocycles. The molecule has 0 saturated carbocycles. The van der Waals surface area contributed by atoms with Crippen molar-refractivity contribution in [2.24, 2.45) is 0 Å². The van der Waals surface area contributed by atoms with Crippen LogP contribution in [0.4, 0.5) is 0 Å². The molecule has 1 aliphatic heterocycles. The SMILES string of the molecule is CC(C)=CCCC(C)=CCc1c(O)cc(O)c2c1O[C@H](c1ccccc1)CC2=O. The molecule has 0 fully saturated rings. The van der Waals surface area contributed by atoms with Gasteiger partial charge >= 0.3 is 0 Å². The van der Waals surface area contributed by atoms with Crippen LogP contribution in [0.3, 0.4) is 0 Å². The molecule has 29 heavy (non-hydrogen) atoms. The quantitative estimate of drug-likeness (QED) is 0.588. The highest BCUT2D eigenvalue weighted by Crippen LogP contribution is 2.45. The van der Waals surface area contributed by atoms with E-state index < -0.39 is 6.10 Å². The summed E-state index contributed by atoms with van der Waals surface area (Å²) in [4.78, 5) is 12.8. The standard InChI is InChI=1S/C25H28O4/c1-16(2)8-7-9-17(3)12-13-19-20(26)14-21(27)24-22(28)15-23(29-25(19)24)18-10-5-4-6-11-18/h4-6,8,10-12,14,23,26-27H,7,9,13,15H2,1-3H3/t23-/m0/s1. The van der Waals surface area contributed by atoms with E-state index in [4.69, 9.17) is 4.74 Å². The molecule has 0 unspecified atom stereocenters. The third-order valence-electron chi connectivity index (χ3n) is 5.17. The summed E-state index contributed by atoms with van der Waals surface area (Å²) >= 11 is 0. The fourth-order valence-electron chi connectivity index (χ4n) is 3.54. The van der Waals surface area contributed by atoms with Crippen LogP contribution in [0.15, 0.2) is 59.7 Å². The largest absolute Gasteiger partial charge is 0.507 e. The molecule has 4 heteroatoms. The lowest BCUT2D eigenvalue weighted by Gasteiger charge is -2.28. The Morgan fingerprint density at radius 2 is 1.83 bits per heavy atom. The molecule has 1 atom stereocenters. The second-order valence-electron chi connectivity index (χ2n) is 7.82. The minimum atomic E-state index is -0.432. The number of hydrogen-bond acceptors (Lipinski definition) is 4. The third kappa shape index (κ3) is 4.89. The van der Waals surface area contributed by atoms with Gasteiger partial charge in [0.1, 0.15) is 28.9 Å². The zero-order chi connectivity index (χ0) is 21.0. The molecule has 2 aromatic carbocycles. The Kier molecular flexibility index (Phi) is 6.42. The molecule has 3 rings (SSSR count). The number of allylic oxidation sites excluding steroid dienone is 4. The Labute approximate surface area is 172 Å². The van der Waals surface area contributed by atoms with Crippen molar-refractivity contribution < 1.29 is 19.7 Å². The normalized spacial score (nSPS) is 16.2. The van der Waals surface area contributed by atoms with Gasteiger partial charge in [-0.05, 0) is 45.6 Å². The summed E-state index contributed by atoms with van der Waals surface area (Å²) < 4.78 is 6.15. The smallest absolute Gasteiger partial charge is 0.174 e. The van der Waals surface area contributed by atoms with Gasteiger partial charge in [0, 0.05) is 11.6 Å². The van der Waals surface area contributed by atoms with Gasteiger partial charge in [-0.15, -0.1) is 0 Å². The molecule has 0 aromatic heterocycles. The summed E-state index contributed by atoms with van der Waals surface area (Å²) in [6.07, 6.45) is 6.30. The van der Waals surface area contributed by atoms with Gasteiger partial charge in [0.2, 0.25) is 0 Å². The number of ether oxygens (including phenoxy) is 1. The van der Waals surface area contributed by atoms with Gasteiger partial charge in [0.15, 0.2) is 5.78 Å². The number of aromatic hydroxyl groups is 2. The van der Waals surface area contributed by atoms with Crippen molar-refractivity contribution >= 4 is 5.78 Å². The number of phenolic OH excluding ortho intramolecular Hbond substituents is 2. The van der Waals surface area contributed by atoms with E-state index in [1.54, 1.807) is 0 Å². The first kappa shape index (κ1) is 20.7. The Hall–Kier alpha value is -3.01. The Morgan fingerprint density at radius 1 is 1.10 bits per heavy atom. The van der Waals surface area contributed by atoms with Gasteiger partial charge in [0.05, 0.1) is 6.42 Å². The van der Waals surface area contributed by atoms with Crippen molar-refractivity contribution in [3.05, 3.63) is 76.4 Å². The Morgan fingerprint density at radius 3 is 2.52 bits per heavy atom. The van der Waals surface area contributed by atoms with Crippen LogP contribution in [0.5, 0.6) is 17.2 Å². The van der Waals surface area contributed by atoms with Crippen molar-refractivity contribution in [3.63, 3.8) is 0 Å². The molecule has 0 amide bonds. The van der Waals surface area contributed by atoms with Crippen LogP contribution in [0.25, 0.3) is 0 Å². The molecule has 1 aliphatic rings. The van der Waals surface area contributed by atoms with Crippen LogP contribution in [-0.4, -0.2) is 16.0 Å². The lowest BCUT2D eigenvalue weighted by molar-refractivity contribution is 0.0842. The van der Waals surface area contributed by atoms with E-state index in [2.05, 4.69) is 26.8 Å². The maximum absolute atomic E-state index is 12.8. The van der Waals surface area contributed by atoms with Crippen LogP contribution < -0.4 is 4.74 Å². The highest BCUT2D eigenvalue weighted by molar-refractivity contribution is 6.03. The maximum Gasteiger partial charge on any atom is 0.174 e. The zero-order valence-corrected chi connectivity index (χ0v) is 17.2. The van der Waals surface area contributed by atoms with Crippen molar-refractivity contribution in [2.75, 3.05) is 0 Å². The number of Topliss-reactive ketones (excluding diaryl/α,β-unsaturated/α-hetero) is 1. The van der Waals surface area contributed by atoms with Crippen LogP contribution in [0, 0.1) is 0 Å². The number of rotatable bonds is 6. The summed E-state index contributed by atoms with van der Waals surface area (Å²) in [5.74, 6) is -0.179. The minimum absolute atomic E-state index is 0.0592. The molecule has 2 aromatic rings. The number of carbonyl (C=O) groups is 1. The van der Waals surface area contributed by atoms with Gasteiger partial charge in [-0.2, -0.15) is 0 Å². The Bertz CT molecular complexity index is 951. The molecule has 152 valence electrons. The number of benzene rings is 2. The second-order valence-corrected chi connectivity index (χ2v) is 7.82. The fraction of sp³-hybridized carbons (Fsp3) is 0.320. The molecule has 0 bridgehead atoms. The summed E-state index contributed by atoms with van der Waals surface area (Å²) in [5.41, 5.74) is 4.09. The van der Waals surface area contributed by atoms with Gasteiger partial charge in [-0.3, -0.25) is 4.79 Å². The summed E-state index contributed by atoms with van der Waals surface area (Å²) in [5, 5.41) is 20.7. The fourth-order valence-corrected chi connectivity index (χ4v) is 3.54. The summed E-state index contributed by atoms with van der Waals surface area (Å²) in [6.45, 7) is 6.22. The monoisotopic (exact) mass is 392 g/mol. The number of ketones is 1. The highest BCUT2D eigenvalue weighted by atomic mass is 16.5. The van der Waals surface area contributed by atoms with E-state index in [0.29, 0.717) is 17.7 Å². The lowest BCUT2D eigenvalue weighted by Crippen LogP contribution is -2.21. The first-order valence-electron chi connectivity index (χ1n) is 9.98. The van der Waals surface area contributed by atoms with Crippen molar-refractivity contribution in [3.8, 4) is 17.2 Å². The van der Waals surface area contributed by atoms with Crippen LogP contribution in [-0.2, 0) is 6.42 Å². The predicted octanol–water partition coefficient (Wildman–Crippen LogP) is 6.04. The third-order valence-corrected chi connectivity index (χ3v) is 5.17. The highest BCUT2D eigenvalue weighted by Gasteiger charge is 2.33. The molecular formula is C25H28O4. The maximum atomic E-state index is 12.8. The number of carbonyl (C=O) groups excluding carboxylic acids is 1. The number of fused-ring (bicyclic) bond motifs is 1. The summed E-state index contributed by atoms with van der Waals surface area (Å²) in [7, 11) is 0. The average molecular weight is 392 g/mol. The van der Waals surface area contributed by atoms with E-state index in [0.717, 1.165) is 18.4 Å². The predicted molar refractivity (Wildman–Crippen MR) is 115 cm³/mol. The molecule has 0 aliphatic carbocycles. The summed E-state index contributed by atoms with van der Waals surface area (Å²) in [6, 6.07) is 10.8. The molecule has 0 spiro atoms. The molecule has 1 heterocycles. The van der Waals surface area contributed by atoms with E-state index >= 15 is 0 Å². The van der Waals surface area contributed by atoms with Gasteiger partial charge in [-0.25, -0.2) is 0 Å². The van der Waals surface area contributed by atoms with E-state index in [9.17, 15) is 15.0 Å². The molecule has 0 radical (unpaired) electrons. The molecule has 2 N–H and O–H groups in total. The molecule has 4 nitrogen and oxygen atoms in total. The van der Waals surface area contributed by atoms with Gasteiger partial charge in [0.25, 0.3) is 0 Å². The minimum Gasteiger partial charge on any atom is -0.507 e. The average Bonchev–Trinajstić information content (AvgIpc) is 2.67. The topological polar surface area (TPSA) is 66.8 Å². The second kappa shape index (κ2) is 8.99. The molecular weight excluding hydrogens is 364 g/mol. The van der Waals surface area contributed by atoms with Crippen molar-refractivity contribution in [1.29, 1.82) is 0 Å². The number of hydrogen-bond donors (Lipinski definition) is 2. The van der Waals surface area contributed by atoms with E-state index in [-0.39, 0.29) is 29.3 Å².